The van der Waals surface area contributed by atoms with E-state index in [-0.39, 0.29) is 6.61 Å². The smallest absolute Gasteiger partial charge is 0.276 e. The normalized spacial score (nSPS) is 12.6. The molecule has 0 saturated carbocycles. The summed E-state index contributed by atoms with van der Waals surface area (Å²) < 4.78 is 5.38. The maximum Gasteiger partial charge on any atom is 0.276 e. The first kappa shape index (κ1) is 12.0. The topological polar surface area (TPSA) is 92.3 Å². The number of aliphatic hydroxyl groups excluding tert-OH is 2. The van der Waals surface area contributed by atoms with Crippen molar-refractivity contribution in [3.63, 3.8) is 0 Å². The fourth-order valence-electron chi connectivity index (χ4n) is 1.10. The molecule has 1 unspecified atom stereocenters. The van der Waals surface area contributed by atoms with Crippen molar-refractivity contribution in [3.05, 3.63) is 24.5 Å². The monoisotopic (exact) mass is 253 g/mol. The molecule has 90 valence electrons. The first-order valence-electron chi connectivity index (χ1n) is 4.95. The Morgan fingerprint density at radius 3 is 2.76 bits per heavy atom. The average molecular weight is 253 g/mol. The molecule has 0 radical (unpaired) electrons. The van der Waals surface area contributed by atoms with E-state index in [1.807, 2.05) is 0 Å². The summed E-state index contributed by atoms with van der Waals surface area (Å²) in [4.78, 5) is 3.89. The third kappa shape index (κ3) is 3.26. The van der Waals surface area contributed by atoms with Crippen LogP contribution in [0.15, 0.2) is 34.2 Å². The van der Waals surface area contributed by atoms with Gasteiger partial charge in [0.05, 0.1) is 12.7 Å². The number of nitrogens with zero attached hydrogens (tertiary/aromatic N) is 3. The maximum atomic E-state index is 9.17. The van der Waals surface area contributed by atoms with Gasteiger partial charge >= 0.3 is 0 Å². The van der Waals surface area contributed by atoms with Gasteiger partial charge in [0.25, 0.3) is 5.22 Å². The van der Waals surface area contributed by atoms with Crippen LogP contribution in [0.4, 0.5) is 0 Å². The summed E-state index contributed by atoms with van der Waals surface area (Å²) in [5, 5.41) is 25.9. The molecular formula is C10H11N3O3S. The first-order valence-corrected chi connectivity index (χ1v) is 5.94. The molecule has 7 heteroatoms. The molecule has 2 N–H and O–H groups in total. The lowest BCUT2D eigenvalue weighted by Gasteiger charge is -2.02. The highest BCUT2D eigenvalue weighted by Crippen LogP contribution is 2.22. The molecule has 1 atom stereocenters. The van der Waals surface area contributed by atoms with Gasteiger partial charge in [-0.2, -0.15) is 0 Å². The van der Waals surface area contributed by atoms with E-state index in [0.29, 0.717) is 16.9 Å². The number of aromatic nitrogens is 3. The molecule has 0 saturated heterocycles. The van der Waals surface area contributed by atoms with E-state index in [1.165, 1.54) is 11.8 Å². The summed E-state index contributed by atoms with van der Waals surface area (Å²) in [5.74, 6) is 0.725. The van der Waals surface area contributed by atoms with Gasteiger partial charge in [-0.3, -0.25) is 4.98 Å². The molecule has 0 aliphatic rings. The molecule has 2 aromatic rings. The van der Waals surface area contributed by atoms with Crippen LogP contribution in [0.5, 0.6) is 0 Å². The molecule has 0 bridgehead atoms. The zero-order valence-corrected chi connectivity index (χ0v) is 9.67. The quantitative estimate of drug-likeness (QED) is 0.753. The zero-order valence-electron chi connectivity index (χ0n) is 8.85. The molecule has 2 aromatic heterocycles. The minimum Gasteiger partial charge on any atom is -0.411 e. The Morgan fingerprint density at radius 1 is 1.29 bits per heavy atom. The van der Waals surface area contributed by atoms with Gasteiger partial charge in [-0.15, -0.1) is 10.2 Å². The Morgan fingerprint density at radius 2 is 2.06 bits per heavy atom. The fraction of sp³-hybridized carbons (Fsp3) is 0.300. The minimum absolute atomic E-state index is 0.279. The molecular weight excluding hydrogens is 242 g/mol. The fourth-order valence-corrected chi connectivity index (χ4v) is 1.78. The molecule has 2 heterocycles. The van der Waals surface area contributed by atoms with Gasteiger partial charge in [-0.05, 0) is 12.1 Å². The van der Waals surface area contributed by atoms with E-state index in [0.717, 1.165) is 5.56 Å². The number of hydrogen-bond donors (Lipinski definition) is 2. The first-order chi connectivity index (χ1) is 8.29. The van der Waals surface area contributed by atoms with E-state index < -0.39 is 6.10 Å². The third-order valence-corrected chi connectivity index (χ3v) is 2.91. The van der Waals surface area contributed by atoms with Crippen molar-refractivity contribution in [1.82, 2.24) is 15.2 Å². The Balaban J connectivity index is 2.01. The Kier molecular flexibility index (Phi) is 4.08. The molecule has 6 nitrogen and oxygen atoms in total. The summed E-state index contributed by atoms with van der Waals surface area (Å²) in [6, 6.07) is 3.54. The molecule has 0 fully saturated rings. The van der Waals surface area contributed by atoms with Crippen molar-refractivity contribution in [2.24, 2.45) is 0 Å². The van der Waals surface area contributed by atoms with Crippen molar-refractivity contribution >= 4 is 11.8 Å². The molecule has 0 aliphatic heterocycles. The molecule has 2 rings (SSSR count). The Bertz CT molecular complexity index is 463. The highest BCUT2D eigenvalue weighted by atomic mass is 32.2. The van der Waals surface area contributed by atoms with Crippen molar-refractivity contribution in [2.75, 3.05) is 12.4 Å². The third-order valence-electron chi connectivity index (χ3n) is 1.94. The number of hydrogen-bond acceptors (Lipinski definition) is 7. The predicted octanol–water partition coefficient (Wildman–Crippen LogP) is 0.577. The van der Waals surface area contributed by atoms with E-state index in [1.54, 1.807) is 24.5 Å². The van der Waals surface area contributed by atoms with Gasteiger partial charge in [0.15, 0.2) is 0 Å². The van der Waals surface area contributed by atoms with E-state index in [2.05, 4.69) is 15.2 Å². The van der Waals surface area contributed by atoms with Crippen LogP contribution >= 0.6 is 11.8 Å². The zero-order chi connectivity index (χ0) is 12.1. The largest absolute Gasteiger partial charge is 0.411 e. The minimum atomic E-state index is -0.781. The van der Waals surface area contributed by atoms with Gasteiger partial charge in [-0.1, -0.05) is 11.8 Å². The number of aliphatic hydroxyl groups is 2. The van der Waals surface area contributed by atoms with Crippen molar-refractivity contribution in [2.45, 2.75) is 11.3 Å². The van der Waals surface area contributed by atoms with Gasteiger partial charge in [0, 0.05) is 23.7 Å². The van der Waals surface area contributed by atoms with Gasteiger partial charge in [-0.25, -0.2) is 0 Å². The second-order valence-corrected chi connectivity index (χ2v) is 4.23. The van der Waals surface area contributed by atoms with Crippen LogP contribution in [0.1, 0.15) is 0 Å². The summed E-state index contributed by atoms with van der Waals surface area (Å²) in [6.07, 6.45) is 2.50. The predicted molar refractivity (Wildman–Crippen MR) is 61.3 cm³/mol. The van der Waals surface area contributed by atoms with Gasteiger partial charge in [0.2, 0.25) is 5.89 Å². The van der Waals surface area contributed by atoms with Gasteiger partial charge in [0.1, 0.15) is 0 Å². The second-order valence-electron chi connectivity index (χ2n) is 3.26. The lowest BCUT2D eigenvalue weighted by atomic mass is 10.3. The second kappa shape index (κ2) is 5.76. The highest BCUT2D eigenvalue weighted by Gasteiger charge is 2.10. The summed E-state index contributed by atoms with van der Waals surface area (Å²) in [7, 11) is 0. The lowest BCUT2D eigenvalue weighted by molar-refractivity contribution is 0.113. The standard InChI is InChI=1S/C10H11N3O3S/c14-5-8(15)6-17-10-13-12-9(16-10)7-1-3-11-4-2-7/h1-4,8,14-15H,5-6H2. The number of pyridine rings is 1. The molecule has 17 heavy (non-hydrogen) atoms. The van der Waals surface area contributed by atoms with Crippen LogP contribution in [-0.4, -0.2) is 43.9 Å². The maximum absolute atomic E-state index is 9.17. The summed E-state index contributed by atoms with van der Waals surface area (Å²) in [5.41, 5.74) is 0.794. The molecule has 0 aliphatic carbocycles. The van der Waals surface area contributed by atoms with Crippen LogP contribution < -0.4 is 0 Å². The van der Waals surface area contributed by atoms with Crippen LogP contribution in [0.2, 0.25) is 0 Å². The van der Waals surface area contributed by atoms with Crippen molar-refractivity contribution in [1.29, 1.82) is 0 Å². The number of rotatable bonds is 5. The van der Waals surface area contributed by atoms with Gasteiger partial charge < -0.3 is 14.6 Å². The number of thioether (sulfide) groups is 1. The van der Waals surface area contributed by atoms with E-state index in [9.17, 15) is 5.11 Å². The van der Waals surface area contributed by atoms with Crippen LogP contribution in [0, 0.1) is 0 Å². The molecule has 0 aromatic carbocycles. The van der Waals surface area contributed by atoms with E-state index >= 15 is 0 Å². The summed E-state index contributed by atoms with van der Waals surface area (Å²) in [6.45, 7) is -0.279. The van der Waals surface area contributed by atoms with Crippen LogP contribution in [-0.2, 0) is 0 Å². The average Bonchev–Trinajstić information content (AvgIpc) is 2.86. The van der Waals surface area contributed by atoms with Crippen molar-refractivity contribution in [3.8, 4) is 11.5 Å². The lowest BCUT2D eigenvalue weighted by Crippen LogP contribution is -2.14. The Hall–Kier alpha value is -1.44. The van der Waals surface area contributed by atoms with Crippen LogP contribution in [0.3, 0.4) is 0 Å². The van der Waals surface area contributed by atoms with E-state index in [4.69, 9.17) is 9.52 Å². The summed E-state index contributed by atoms with van der Waals surface area (Å²) >= 11 is 1.20. The molecule has 0 spiro atoms. The molecule has 0 amide bonds. The highest BCUT2D eigenvalue weighted by molar-refractivity contribution is 7.99. The van der Waals surface area contributed by atoms with Crippen molar-refractivity contribution < 1.29 is 14.6 Å². The SMILES string of the molecule is OCC(O)CSc1nnc(-c2ccncc2)o1. The Labute approximate surface area is 102 Å². The van der Waals surface area contributed by atoms with Crippen LogP contribution in [0.25, 0.3) is 11.5 Å².